The minimum absolute atomic E-state index is 0.422. The highest BCUT2D eigenvalue weighted by Gasteiger charge is 2.20. The van der Waals surface area contributed by atoms with Gasteiger partial charge in [-0.1, -0.05) is 36.9 Å². The van der Waals surface area contributed by atoms with Crippen LogP contribution in [0.25, 0.3) is 0 Å². The van der Waals surface area contributed by atoms with Crippen molar-refractivity contribution < 1.29 is 17.3 Å². The molecule has 84 valence electrons. The fourth-order valence-corrected chi connectivity index (χ4v) is 1.54. The lowest BCUT2D eigenvalue weighted by Crippen LogP contribution is -2.02. The third-order valence-electron chi connectivity index (χ3n) is 1.36. The molecule has 1 rings (SSSR count). The third kappa shape index (κ3) is 13.2. The molecular formula is C9H12BF4P. The Balaban J connectivity index is 0.000000336. The van der Waals surface area contributed by atoms with E-state index in [1.54, 1.807) is 0 Å². The highest BCUT2D eigenvalue weighted by Crippen LogP contribution is 2.17. The van der Waals surface area contributed by atoms with Crippen molar-refractivity contribution in [1.29, 1.82) is 0 Å². The minimum Gasteiger partial charge on any atom is -0.418 e. The summed E-state index contributed by atoms with van der Waals surface area (Å²) in [5, 5.41) is 0. The molecule has 0 spiro atoms. The summed E-state index contributed by atoms with van der Waals surface area (Å²) in [4.78, 5) is 0. The van der Waals surface area contributed by atoms with E-state index in [1.165, 1.54) is 11.7 Å². The van der Waals surface area contributed by atoms with Gasteiger partial charge in [0.25, 0.3) is 0 Å². The number of halogens is 4. The summed E-state index contributed by atoms with van der Waals surface area (Å²) in [6, 6.07) is 10.5. The molecule has 0 aliphatic rings. The van der Waals surface area contributed by atoms with Crippen molar-refractivity contribution in [3.05, 3.63) is 48.3 Å². The Bertz CT molecular complexity index is 267. The van der Waals surface area contributed by atoms with Gasteiger partial charge in [0, 0.05) is 14.4 Å². The van der Waals surface area contributed by atoms with Gasteiger partial charge in [-0.2, -0.15) is 0 Å². The van der Waals surface area contributed by atoms with Gasteiger partial charge in [0.15, 0.2) is 0 Å². The summed E-state index contributed by atoms with van der Waals surface area (Å²) in [6.45, 7) is 3.71. The zero-order valence-electron chi connectivity index (χ0n) is 8.04. The van der Waals surface area contributed by atoms with Crippen LogP contribution in [0.5, 0.6) is 0 Å². The number of hydrogen-bond donors (Lipinski definition) is 0. The maximum absolute atomic E-state index is 9.75. The quantitative estimate of drug-likeness (QED) is 0.423. The van der Waals surface area contributed by atoms with E-state index < -0.39 is 7.25 Å². The summed E-state index contributed by atoms with van der Waals surface area (Å²) >= 11 is 0. The van der Waals surface area contributed by atoms with Crippen LogP contribution in [0.15, 0.2) is 42.7 Å². The van der Waals surface area contributed by atoms with Crippen molar-refractivity contribution in [2.24, 2.45) is 0 Å². The highest BCUT2D eigenvalue weighted by atomic mass is 31.1. The van der Waals surface area contributed by atoms with Crippen molar-refractivity contribution >= 4 is 15.8 Å². The molecule has 0 aliphatic heterocycles. The molecule has 15 heavy (non-hydrogen) atoms. The molecule has 6 heteroatoms. The maximum Gasteiger partial charge on any atom is 0.673 e. The standard InChI is InChI=1S/C9H11P.BF4/c1-2-10-8-9-6-4-3-5-7-9;2-1(3,4)5/h2-7,10H,1,8H2;/q;-1/p+1. The van der Waals surface area contributed by atoms with Gasteiger partial charge in [0.2, 0.25) is 0 Å². The van der Waals surface area contributed by atoms with E-state index in [1.807, 2.05) is 11.9 Å². The van der Waals surface area contributed by atoms with Crippen molar-refractivity contribution in [3.63, 3.8) is 0 Å². The largest absolute Gasteiger partial charge is 0.673 e. The Labute approximate surface area is 88.3 Å². The fourth-order valence-electron chi connectivity index (χ4n) is 0.834. The number of hydrogen-bond acceptors (Lipinski definition) is 0. The van der Waals surface area contributed by atoms with Gasteiger partial charge in [-0.05, 0) is 5.56 Å². The molecule has 0 saturated heterocycles. The minimum atomic E-state index is -6.00. The summed E-state index contributed by atoms with van der Waals surface area (Å²) in [6.07, 6.45) is 1.20. The number of rotatable bonds is 3. The first-order valence-corrected chi connectivity index (χ1v) is 5.77. The first-order chi connectivity index (χ1) is 6.93. The van der Waals surface area contributed by atoms with Crippen LogP contribution in [0, 0.1) is 0 Å². The third-order valence-corrected chi connectivity index (χ3v) is 2.40. The normalized spacial score (nSPS) is 10.9. The average molecular weight is 238 g/mol. The second-order valence-corrected chi connectivity index (χ2v) is 4.01. The number of benzene rings is 1. The van der Waals surface area contributed by atoms with E-state index in [2.05, 4.69) is 30.8 Å². The van der Waals surface area contributed by atoms with Gasteiger partial charge in [-0.25, -0.2) is 0 Å². The molecule has 1 atom stereocenters. The van der Waals surface area contributed by atoms with Crippen molar-refractivity contribution in [1.82, 2.24) is 0 Å². The summed E-state index contributed by atoms with van der Waals surface area (Å²) in [7, 11) is -5.58. The van der Waals surface area contributed by atoms with Gasteiger partial charge in [0.1, 0.15) is 0 Å². The molecule has 0 heterocycles. The van der Waals surface area contributed by atoms with Gasteiger partial charge in [-0.15, -0.1) is 0 Å². The molecule has 0 amide bonds. The van der Waals surface area contributed by atoms with Crippen LogP contribution >= 0.6 is 8.58 Å². The molecule has 0 fully saturated rings. The Kier molecular flexibility index (Phi) is 7.05. The lowest BCUT2D eigenvalue weighted by Gasteiger charge is -1.94. The first-order valence-electron chi connectivity index (χ1n) is 4.29. The van der Waals surface area contributed by atoms with Crippen molar-refractivity contribution in [3.8, 4) is 0 Å². The molecule has 0 N–H and O–H groups in total. The second-order valence-electron chi connectivity index (χ2n) is 2.66. The van der Waals surface area contributed by atoms with Crippen LogP contribution < -0.4 is 0 Å². The molecule has 0 aliphatic carbocycles. The first kappa shape index (κ1) is 14.2. The average Bonchev–Trinajstić information content (AvgIpc) is 2.14. The van der Waals surface area contributed by atoms with Crippen LogP contribution in [0.1, 0.15) is 5.56 Å². The molecular weight excluding hydrogens is 226 g/mol. The predicted octanol–water partition coefficient (Wildman–Crippen LogP) is 4.04. The molecule has 1 aromatic rings. The highest BCUT2D eigenvalue weighted by molar-refractivity contribution is 7.40. The second kappa shape index (κ2) is 7.46. The lowest BCUT2D eigenvalue weighted by molar-refractivity contribution is 0.368. The van der Waals surface area contributed by atoms with E-state index in [9.17, 15) is 17.3 Å². The zero-order chi connectivity index (χ0) is 11.7. The molecule has 0 radical (unpaired) electrons. The summed E-state index contributed by atoms with van der Waals surface area (Å²) < 4.78 is 39.0. The van der Waals surface area contributed by atoms with Crippen LogP contribution in [0.2, 0.25) is 0 Å². The lowest BCUT2D eigenvalue weighted by atomic mass is 10.2. The van der Waals surface area contributed by atoms with E-state index in [0.717, 1.165) is 0 Å². The molecule has 0 nitrogen and oxygen atoms in total. The van der Waals surface area contributed by atoms with Crippen LogP contribution in [0.3, 0.4) is 0 Å². The SMILES string of the molecule is C=C[PH2+]Cc1ccccc1.F[B-](F)(F)F. The van der Waals surface area contributed by atoms with Gasteiger partial charge in [0.05, 0.1) is 6.16 Å². The van der Waals surface area contributed by atoms with E-state index in [4.69, 9.17) is 0 Å². The van der Waals surface area contributed by atoms with Gasteiger partial charge in [-0.3, -0.25) is 0 Å². The Morgan fingerprint density at radius 1 is 1.13 bits per heavy atom. The van der Waals surface area contributed by atoms with Gasteiger partial charge >= 0.3 is 7.25 Å². The van der Waals surface area contributed by atoms with Crippen molar-refractivity contribution in [2.45, 2.75) is 6.16 Å². The van der Waals surface area contributed by atoms with Crippen molar-refractivity contribution in [2.75, 3.05) is 0 Å². The monoisotopic (exact) mass is 238 g/mol. The molecule has 0 bridgehead atoms. The molecule has 1 aromatic carbocycles. The zero-order valence-corrected chi connectivity index (χ0v) is 9.20. The van der Waals surface area contributed by atoms with Crippen LogP contribution in [-0.4, -0.2) is 7.25 Å². The molecule has 0 aromatic heterocycles. The molecule has 0 saturated carbocycles. The maximum atomic E-state index is 9.75. The smallest absolute Gasteiger partial charge is 0.418 e. The predicted molar refractivity (Wildman–Crippen MR) is 60.2 cm³/mol. The van der Waals surface area contributed by atoms with Crippen LogP contribution in [-0.2, 0) is 6.16 Å². The Morgan fingerprint density at radius 3 is 2.00 bits per heavy atom. The fraction of sp³-hybridized carbons (Fsp3) is 0.111. The topological polar surface area (TPSA) is 0 Å². The molecule has 1 unspecified atom stereocenters. The van der Waals surface area contributed by atoms with Crippen LogP contribution in [0.4, 0.5) is 17.3 Å². The summed E-state index contributed by atoms with van der Waals surface area (Å²) in [5.41, 5.74) is 1.43. The van der Waals surface area contributed by atoms with E-state index in [-0.39, 0.29) is 0 Å². The Hall–Kier alpha value is -0.825. The Morgan fingerprint density at radius 2 is 1.60 bits per heavy atom. The van der Waals surface area contributed by atoms with E-state index in [0.29, 0.717) is 8.58 Å². The summed E-state index contributed by atoms with van der Waals surface area (Å²) in [5.74, 6) is 2.03. The van der Waals surface area contributed by atoms with Gasteiger partial charge < -0.3 is 17.3 Å². The van der Waals surface area contributed by atoms with E-state index >= 15 is 0 Å².